The molecule has 7 nitrogen and oxygen atoms in total. The Hall–Kier alpha value is -3.78. The monoisotopic (exact) mass is 457 g/mol. The third kappa shape index (κ3) is 4.63. The van der Waals surface area contributed by atoms with E-state index in [1.54, 1.807) is 17.6 Å². The van der Waals surface area contributed by atoms with Gasteiger partial charge >= 0.3 is 0 Å². The number of hydrogen-bond acceptors (Lipinski definition) is 6. The van der Waals surface area contributed by atoms with E-state index in [0.717, 1.165) is 35.1 Å². The number of rotatable bonds is 8. The van der Waals surface area contributed by atoms with Crippen LogP contribution in [-0.4, -0.2) is 34.9 Å². The van der Waals surface area contributed by atoms with Gasteiger partial charge in [-0.05, 0) is 47.2 Å². The number of pyridine rings is 1. The van der Waals surface area contributed by atoms with Crippen molar-refractivity contribution in [2.45, 2.75) is 19.4 Å². The van der Waals surface area contributed by atoms with Crippen LogP contribution in [0, 0.1) is 0 Å². The van der Waals surface area contributed by atoms with Crippen molar-refractivity contribution in [3.63, 3.8) is 0 Å². The Morgan fingerprint density at radius 1 is 0.971 bits per heavy atom. The highest BCUT2D eigenvalue weighted by Gasteiger charge is 2.22. The van der Waals surface area contributed by atoms with Crippen LogP contribution in [0.5, 0.6) is 5.75 Å². The molecule has 34 heavy (non-hydrogen) atoms. The molecule has 4 rings (SSSR count). The molecule has 1 heterocycles. The maximum atomic E-state index is 12.6. The van der Waals surface area contributed by atoms with Crippen molar-refractivity contribution in [1.29, 1.82) is 0 Å². The lowest BCUT2D eigenvalue weighted by Gasteiger charge is -2.16. The average molecular weight is 458 g/mol. The molecule has 0 unspecified atom stereocenters. The number of aliphatic hydroxyl groups is 1. The number of hydroxylamine groups is 1. The molecule has 0 aliphatic rings. The van der Waals surface area contributed by atoms with Crippen molar-refractivity contribution in [3.8, 4) is 28.1 Å². The summed E-state index contributed by atoms with van der Waals surface area (Å²) in [4.78, 5) is 17.4. The Balaban J connectivity index is 1.76. The molecule has 0 spiro atoms. The van der Waals surface area contributed by atoms with E-state index in [1.807, 2.05) is 30.3 Å². The van der Waals surface area contributed by atoms with Crippen LogP contribution in [0.4, 0.5) is 0 Å². The summed E-state index contributed by atoms with van der Waals surface area (Å²) in [5, 5.41) is 18.9. The van der Waals surface area contributed by atoms with Crippen LogP contribution >= 0.6 is 0 Å². The smallest absolute Gasteiger partial charge is 0.279 e. The second-order valence-corrected chi connectivity index (χ2v) is 7.97. The Labute approximate surface area is 197 Å². The fourth-order valence-electron chi connectivity index (χ4n) is 4.06. The normalized spacial score (nSPS) is 10.9. The second-order valence-electron chi connectivity index (χ2n) is 7.97. The molecule has 1 amide bonds. The van der Waals surface area contributed by atoms with Crippen molar-refractivity contribution >= 4 is 16.8 Å². The van der Waals surface area contributed by atoms with Crippen molar-refractivity contribution in [2.24, 2.45) is 5.73 Å². The van der Waals surface area contributed by atoms with Gasteiger partial charge in [-0.3, -0.25) is 10.0 Å². The van der Waals surface area contributed by atoms with Crippen LogP contribution in [0.1, 0.15) is 27.9 Å². The van der Waals surface area contributed by atoms with Gasteiger partial charge in [0.2, 0.25) is 0 Å². The lowest BCUT2D eigenvalue weighted by atomic mass is 9.98. The Kier molecular flexibility index (Phi) is 7.18. The predicted molar refractivity (Wildman–Crippen MR) is 132 cm³/mol. The molecular formula is C27H27N3O4. The van der Waals surface area contributed by atoms with Crippen LogP contribution in [0.15, 0.2) is 66.7 Å². The molecule has 3 aromatic carbocycles. The topological polar surface area (TPSA) is 118 Å². The van der Waals surface area contributed by atoms with Crippen LogP contribution in [0.25, 0.3) is 33.3 Å². The molecule has 0 atom stereocenters. The maximum absolute atomic E-state index is 12.6. The Morgan fingerprint density at radius 2 is 1.59 bits per heavy atom. The number of nitrogens with one attached hydrogen (secondary N) is 1. The van der Waals surface area contributed by atoms with Crippen molar-refractivity contribution in [1.82, 2.24) is 10.5 Å². The van der Waals surface area contributed by atoms with E-state index in [4.69, 9.17) is 20.6 Å². The highest BCUT2D eigenvalue weighted by atomic mass is 16.5. The summed E-state index contributed by atoms with van der Waals surface area (Å²) in [6, 6.07) is 21.6. The molecule has 0 radical (unpaired) electrons. The fraction of sp³-hybridized carbons (Fsp3) is 0.185. The number of carbonyl (C=O) groups excluding carboxylic acids is 1. The first-order valence-electron chi connectivity index (χ1n) is 11.0. The zero-order chi connectivity index (χ0) is 24.1. The minimum absolute atomic E-state index is 0.186. The second kappa shape index (κ2) is 10.4. The van der Waals surface area contributed by atoms with Gasteiger partial charge in [0.15, 0.2) is 5.75 Å². The quantitative estimate of drug-likeness (QED) is 0.234. The minimum Gasteiger partial charge on any atom is -0.494 e. The number of hydrogen-bond donors (Lipinski definition) is 4. The number of aryl methyl sites for hydroxylation is 1. The summed E-state index contributed by atoms with van der Waals surface area (Å²) in [7, 11) is 1.47. The SMILES string of the molecule is COc1c(-c2ccc(-c3ccc(CCCO)cc3)cc2)nc2ccc(CN)cc2c1C(=O)NO. The number of aromatic nitrogens is 1. The van der Waals surface area contributed by atoms with E-state index in [0.29, 0.717) is 23.1 Å². The van der Waals surface area contributed by atoms with E-state index in [9.17, 15) is 10.0 Å². The first-order valence-corrected chi connectivity index (χ1v) is 11.0. The zero-order valence-electron chi connectivity index (χ0n) is 18.9. The molecule has 7 heteroatoms. The number of aliphatic hydroxyl groups excluding tert-OH is 1. The summed E-state index contributed by atoms with van der Waals surface area (Å²) in [6.45, 7) is 0.495. The minimum atomic E-state index is -0.683. The molecule has 5 N–H and O–H groups in total. The summed E-state index contributed by atoms with van der Waals surface area (Å²) in [5.74, 6) is -0.410. The molecule has 0 fully saturated rings. The van der Waals surface area contributed by atoms with Gasteiger partial charge in [0.1, 0.15) is 5.69 Å². The number of fused-ring (bicyclic) bond motifs is 1. The van der Waals surface area contributed by atoms with Crippen LogP contribution < -0.4 is 16.0 Å². The number of ether oxygens (including phenoxy) is 1. The van der Waals surface area contributed by atoms with Gasteiger partial charge in [-0.25, -0.2) is 10.5 Å². The van der Waals surface area contributed by atoms with Gasteiger partial charge in [0.05, 0.1) is 18.2 Å². The molecule has 4 aromatic rings. The number of methoxy groups -OCH3 is 1. The third-order valence-electron chi connectivity index (χ3n) is 5.84. The molecule has 1 aromatic heterocycles. The highest BCUT2D eigenvalue weighted by molar-refractivity contribution is 6.10. The Bertz CT molecular complexity index is 1300. The van der Waals surface area contributed by atoms with E-state index in [1.165, 1.54) is 12.7 Å². The molecule has 174 valence electrons. The third-order valence-corrected chi connectivity index (χ3v) is 5.84. The van der Waals surface area contributed by atoms with Crippen molar-refractivity contribution in [3.05, 3.63) is 83.4 Å². The first kappa shape index (κ1) is 23.4. The summed E-state index contributed by atoms with van der Waals surface area (Å²) >= 11 is 0. The largest absolute Gasteiger partial charge is 0.494 e. The van der Waals surface area contributed by atoms with E-state index >= 15 is 0 Å². The Morgan fingerprint density at radius 3 is 2.18 bits per heavy atom. The van der Waals surface area contributed by atoms with E-state index in [-0.39, 0.29) is 17.9 Å². The van der Waals surface area contributed by atoms with Crippen LogP contribution in [0.3, 0.4) is 0 Å². The summed E-state index contributed by atoms with van der Waals surface area (Å²) in [5.41, 5.74) is 13.7. The van der Waals surface area contributed by atoms with E-state index in [2.05, 4.69) is 24.3 Å². The van der Waals surface area contributed by atoms with Gasteiger partial charge in [-0.15, -0.1) is 0 Å². The van der Waals surface area contributed by atoms with Gasteiger partial charge < -0.3 is 15.6 Å². The maximum Gasteiger partial charge on any atom is 0.279 e. The number of nitrogens with two attached hydrogens (primary N) is 1. The zero-order valence-corrected chi connectivity index (χ0v) is 18.9. The molecule has 0 aliphatic heterocycles. The highest BCUT2D eigenvalue weighted by Crippen LogP contribution is 2.37. The average Bonchev–Trinajstić information content (AvgIpc) is 2.90. The van der Waals surface area contributed by atoms with Gasteiger partial charge in [-0.1, -0.05) is 54.6 Å². The number of carbonyl (C=O) groups is 1. The van der Waals surface area contributed by atoms with Crippen molar-refractivity contribution in [2.75, 3.05) is 13.7 Å². The fourth-order valence-corrected chi connectivity index (χ4v) is 4.06. The van der Waals surface area contributed by atoms with Crippen molar-refractivity contribution < 1.29 is 19.8 Å². The standard InChI is InChI=1S/C27H27N3O4/c1-34-26-24(27(32)30-33)22-15-18(16-28)6-13-23(22)29-25(26)21-11-9-20(10-12-21)19-7-4-17(5-8-19)3-2-14-31/h4-13,15,31,33H,2-3,14,16,28H2,1H3,(H,30,32). The molecule has 0 saturated heterocycles. The van der Waals surface area contributed by atoms with Crippen LogP contribution in [-0.2, 0) is 13.0 Å². The number of amides is 1. The van der Waals surface area contributed by atoms with Gasteiger partial charge in [0.25, 0.3) is 5.91 Å². The summed E-state index contributed by atoms with van der Waals surface area (Å²) in [6.07, 6.45) is 1.60. The lowest BCUT2D eigenvalue weighted by Crippen LogP contribution is -2.20. The van der Waals surface area contributed by atoms with Gasteiger partial charge in [0, 0.05) is 24.1 Å². The van der Waals surface area contributed by atoms with Crippen LogP contribution in [0.2, 0.25) is 0 Å². The van der Waals surface area contributed by atoms with E-state index < -0.39 is 5.91 Å². The lowest BCUT2D eigenvalue weighted by molar-refractivity contribution is 0.0705. The summed E-state index contributed by atoms with van der Waals surface area (Å²) < 4.78 is 5.61. The molecule has 0 bridgehead atoms. The van der Waals surface area contributed by atoms with Gasteiger partial charge in [-0.2, -0.15) is 0 Å². The molecular weight excluding hydrogens is 430 g/mol. The number of benzene rings is 3. The molecule has 0 aliphatic carbocycles. The molecule has 0 saturated carbocycles. The number of nitrogens with zero attached hydrogens (tertiary/aromatic N) is 1. The predicted octanol–water partition coefficient (Wildman–Crippen LogP) is 4.08. The first-order chi connectivity index (χ1) is 16.6.